The smallest absolute Gasteiger partial charge is 0.253 e. The first-order chi connectivity index (χ1) is 11.5. The minimum absolute atomic E-state index is 0.0356. The van der Waals surface area contributed by atoms with E-state index in [2.05, 4.69) is 21.9 Å². The quantitative estimate of drug-likeness (QED) is 0.705. The third-order valence-electron chi connectivity index (χ3n) is 4.08. The molecule has 0 aliphatic rings. The highest BCUT2D eigenvalue weighted by Crippen LogP contribution is 2.22. The van der Waals surface area contributed by atoms with Crippen molar-refractivity contribution in [3.05, 3.63) is 64.1 Å². The van der Waals surface area contributed by atoms with E-state index in [1.165, 1.54) is 5.56 Å². The molecule has 3 rings (SSSR count). The number of thiophene rings is 1. The standard InChI is InChI=1S/C19H21N3OS/c1-14-12-15(2)22(20-14)10-9-21(3)19(23)17-6-4-16(5-7-17)18-8-11-24-13-18/h4-8,11-13H,9-10H2,1-3H3. The van der Waals surface area contributed by atoms with E-state index in [0.717, 1.165) is 17.0 Å². The molecule has 0 saturated heterocycles. The molecule has 0 fully saturated rings. The number of carbonyl (C=O) groups is 1. The highest BCUT2D eigenvalue weighted by molar-refractivity contribution is 7.08. The highest BCUT2D eigenvalue weighted by Gasteiger charge is 2.12. The molecule has 2 heterocycles. The van der Waals surface area contributed by atoms with Crippen LogP contribution in [0.3, 0.4) is 0 Å². The Morgan fingerprint density at radius 2 is 1.92 bits per heavy atom. The Morgan fingerprint density at radius 1 is 1.17 bits per heavy atom. The fourth-order valence-electron chi connectivity index (χ4n) is 2.70. The van der Waals surface area contributed by atoms with E-state index in [1.807, 2.05) is 55.9 Å². The van der Waals surface area contributed by atoms with Crippen molar-refractivity contribution >= 4 is 17.2 Å². The van der Waals surface area contributed by atoms with Gasteiger partial charge in [0, 0.05) is 24.8 Å². The van der Waals surface area contributed by atoms with Crippen molar-refractivity contribution in [1.82, 2.24) is 14.7 Å². The van der Waals surface area contributed by atoms with E-state index < -0.39 is 0 Å². The molecule has 124 valence electrons. The number of aryl methyl sites for hydroxylation is 2. The molecule has 2 aromatic heterocycles. The zero-order valence-electron chi connectivity index (χ0n) is 14.2. The summed E-state index contributed by atoms with van der Waals surface area (Å²) < 4.78 is 1.94. The number of rotatable bonds is 5. The highest BCUT2D eigenvalue weighted by atomic mass is 32.1. The van der Waals surface area contributed by atoms with Gasteiger partial charge in [-0.2, -0.15) is 16.4 Å². The summed E-state index contributed by atoms with van der Waals surface area (Å²) in [6.45, 7) is 5.35. The molecule has 0 aliphatic carbocycles. The van der Waals surface area contributed by atoms with Crippen LogP contribution in [0.4, 0.5) is 0 Å². The van der Waals surface area contributed by atoms with Gasteiger partial charge in [-0.3, -0.25) is 9.48 Å². The molecular formula is C19H21N3OS. The molecule has 24 heavy (non-hydrogen) atoms. The number of likely N-dealkylation sites (N-methyl/N-ethyl adjacent to an activating group) is 1. The van der Waals surface area contributed by atoms with Crippen LogP contribution in [0.15, 0.2) is 47.2 Å². The van der Waals surface area contributed by atoms with Crippen molar-refractivity contribution in [2.45, 2.75) is 20.4 Å². The third-order valence-corrected chi connectivity index (χ3v) is 4.77. The monoisotopic (exact) mass is 339 g/mol. The Hall–Kier alpha value is -2.40. The van der Waals surface area contributed by atoms with E-state index in [9.17, 15) is 4.79 Å². The lowest BCUT2D eigenvalue weighted by Crippen LogP contribution is -2.30. The zero-order valence-corrected chi connectivity index (χ0v) is 15.0. The molecule has 4 nitrogen and oxygen atoms in total. The van der Waals surface area contributed by atoms with Crippen LogP contribution in [0.25, 0.3) is 11.1 Å². The Labute approximate surface area is 146 Å². The average molecular weight is 339 g/mol. The van der Waals surface area contributed by atoms with Crippen LogP contribution in [0.5, 0.6) is 0 Å². The van der Waals surface area contributed by atoms with Gasteiger partial charge in [-0.05, 0) is 60.0 Å². The summed E-state index contributed by atoms with van der Waals surface area (Å²) in [6, 6.07) is 11.9. The number of amides is 1. The second-order valence-electron chi connectivity index (χ2n) is 5.97. The minimum Gasteiger partial charge on any atom is -0.340 e. The number of aromatic nitrogens is 2. The van der Waals surface area contributed by atoms with E-state index >= 15 is 0 Å². The van der Waals surface area contributed by atoms with Crippen LogP contribution in [0, 0.1) is 13.8 Å². The maximum Gasteiger partial charge on any atom is 0.253 e. The lowest BCUT2D eigenvalue weighted by atomic mass is 10.1. The molecule has 0 radical (unpaired) electrons. The summed E-state index contributed by atoms with van der Waals surface area (Å²) >= 11 is 1.67. The molecule has 0 unspecified atom stereocenters. The van der Waals surface area contributed by atoms with Gasteiger partial charge in [0.1, 0.15) is 0 Å². The first kappa shape index (κ1) is 16.5. The number of benzene rings is 1. The van der Waals surface area contributed by atoms with E-state index in [-0.39, 0.29) is 5.91 Å². The van der Waals surface area contributed by atoms with Gasteiger partial charge in [0.15, 0.2) is 0 Å². The van der Waals surface area contributed by atoms with Gasteiger partial charge in [0.25, 0.3) is 5.91 Å². The van der Waals surface area contributed by atoms with Crippen molar-refractivity contribution in [1.29, 1.82) is 0 Å². The van der Waals surface area contributed by atoms with Gasteiger partial charge in [-0.15, -0.1) is 0 Å². The van der Waals surface area contributed by atoms with Crippen LogP contribution in [0.2, 0.25) is 0 Å². The summed E-state index contributed by atoms with van der Waals surface area (Å²) in [5, 5.41) is 8.60. The number of carbonyl (C=O) groups excluding carboxylic acids is 1. The third kappa shape index (κ3) is 3.57. The summed E-state index contributed by atoms with van der Waals surface area (Å²) in [5.41, 5.74) is 5.17. The molecule has 0 aliphatic heterocycles. The van der Waals surface area contributed by atoms with Crippen LogP contribution >= 0.6 is 11.3 Å². The van der Waals surface area contributed by atoms with Crippen molar-refractivity contribution in [3.63, 3.8) is 0 Å². The van der Waals surface area contributed by atoms with Gasteiger partial charge in [-0.25, -0.2) is 0 Å². The maximum atomic E-state index is 12.6. The van der Waals surface area contributed by atoms with Gasteiger partial charge < -0.3 is 4.90 Å². The first-order valence-electron chi connectivity index (χ1n) is 7.94. The molecule has 1 amide bonds. The van der Waals surface area contributed by atoms with Gasteiger partial charge >= 0.3 is 0 Å². The minimum atomic E-state index is 0.0356. The fraction of sp³-hybridized carbons (Fsp3) is 0.263. The molecule has 0 saturated carbocycles. The van der Waals surface area contributed by atoms with Crippen molar-refractivity contribution in [3.8, 4) is 11.1 Å². The topological polar surface area (TPSA) is 38.1 Å². The van der Waals surface area contributed by atoms with Crippen LogP contribution < -0.4 is 0 Å². The lowest BCUT2D eigenvalue weighted by Gasteiger charge is -2.18. The Balaban J connectivity index is 1.64. The predicted molar refractivity (Wildman–Crippen MR) is 98.4 cm³/mol. The predicted octanol–water partition coefficient (Wildman–Crippen LogP) is 4.00. The van der Waals surface area contributed by atoms with Crippen LogP contribution in [-0.2, 0) is 6.54 Å². The van der Waals surface area contributed by atoms with Gasteiger partial charge in [0.05, 0.1) is 12.2 Å². The second kappa shape index (κ2) is 7.01. The van der Waals surface area contributed by atoms with Crippen molar-refractivity contribution in [2.24, 2.45) is 0 Å². The van der Waals surface area contributed by atoms with Gasteiger partial charge in [0.2, 0.25) is 0 Å². The second-order valence-corrected chi connectivity index (χ2v) is 6.75. The average Bonchev–Trinajstić information content (AvgIpc) is 3.22. The number of nitrogens with zero attached hydrogens (tertiary/aromatic N) is 3. The molecule has 5 heteroatoms. The zero-order chi connectivity index (χ0) is 17.1. The molecule has 1 aromatic carbocycles. The summed E-state index contributed by atoms with van der Waals surface area (Å²) in [7, 11) is 1.83. The summed E-state index contributed by atoms with van der Waals surface area (Å²) in [6.07, 6.45) is 0. The first-order valence-corrected chi connectivity index (χ1v) is 8.88. The molecule has 0 spiro atoms. The van der Waals surface area contributed by atoms with E-state index in [0.29, 0.717) is 18.7 Å². The van der Waals surface area contributed by atoms with Crippen LogP contribution in [-0.4, -0.2) is 34.2 Å². The van der Waals surface area contributed by atoms with Crippen molar-refractivity contribution in [2.75, 3.05) is 13.6 Å². The summed E-state index contributed by atoms with van der Waals surface area (Å²) in [4.78, 5) is 14.3. The lowest BCUT2D eigenvalue weighted by molar-refractivity contribution is 0.0788. The molecule has 3 aromatic rings. The van der Waals surface area contributed by atoms with Crippen LogP contribution in [0.1, 0.15) is 21.7 Å². The number of hydrogen-bond acceptors (Lipinski definition) is 3. The Bertz CT molecular complexity index is 819. The largest absolute Gasteiger partial charge is 0.340 e. The van der Waals surface area contributed by atoms with Gasteiger partial charge in [-0.1, -0.05) is 12.1 Å². The maximum absolute atomic E-state index is 12.6. The normalized spacial score (nSPS) is 10.8. The Morgan fingerprint density at radius 3 is 2.50 bits per heavy atom. The molecule has 0 atom stereocenters. The number of hydrogen-bond donors (Lipinski definition) is 0. The Kier molecular flexibility index (Phi) is 4.81. The molecule has 0 bridgehead atoms. The SMILES string of the molecule is Cc1cc(C)n(CCN(C)C(=O)c2ccc(-c3ccsc3)cc2)n1. The van der Waals surface area contributed by atoms with E-state index in [4.69, 9.17) is 0 Å². The summed E-state index contributed by atoms with van der Waals surface area (Å²) in [5.74, 6) is 0.0356. The van der Waals surface area contributed by atoms with E-state index in [1.54, 1.807) is 16.2 Å². The fourth-order valence-corrected chi connectivity index (χ4v) is 3.37. The molecular weight excluding hydrogens is 318 g/mol. The molecule has 0 N–H and O–H groups in total. The van der Waals surface area contributed by atoms with Crippen molar-refractivity contribution < 1.29 is 4.79 Å².